The molecular formula is C17H20ClN3S. The van der Waals surface area contributed by atoms with E-state index in [9.17, 15) is 0 Å². The maximum atomic E-state index is 5.79. The second-order valence-corrected chi connectivity index (χ2v) is 6.87. The van der Waals surface area contributed by atoms with Gasteiger partial charge in [-0.25, -0.2) is 4.98 Å². The average molecular weight is 334 g/mol. The number of thiazole rings is 1. The van der Waals surface area contributed by atoms with Crippen molar-refractivity contribution in [3.63, 3.8) is 0 Å². The van der Waals surface area contributed by atoms with E-state index >= 15 is 0 Å². The fourth-order valence-corrected chi connectivity index (χ4v) is 3.63. The van der Waals surface area contributed by atoms with Gasteiger partial charge in [0.1, 0.15) is 0 Å². The molecule has 1 aliphatic rings. The predicted molar refractivity (Wildman–Crippen MR) is 95.3 cm³/mol. The van der Waals surface area contributed by atoms with Crippen molar-refractivity contribution in [3.8, 4) is 0 Å². The molecule has 1 aromatic carbocycles. The molecule has 1 N–H and O–H groups in total. The van der Waals surface area contributed by atoms with Crippen LogP contribution in [0.2, 0.25) is 0 Å². The smallest absolute Gasteiger partial charge is 0.203 e. The third-order valence-electron chi connectivity index (χ3n) is 4.12. The van der Waals surface area contributed by atoms with E-state index in [0.29, 0.717) is 5.88 Å². The summed E-state index contributed by atoms with van der Waals surface area (Å²) in [7, 11) is 0. The second-order valence-electron chi connectivity index (χ2n) is 5.75. The third-order valence-corrected chi connectivity index (χ3v) is 5.18. The number of anilines is 1. The number of alkyl halides is 1. The van der Waals surface area contributed by atoms with Crippen LogP contribution >= 0.6 is 22.9 Å². The molecule has 1 heterocycles. The molecular weight excluding hydrogens is 314 g/mol. The Morgan fingerprint density at radius 1 is 1.23 bits per heavy atom. The van der Waals surface area contributed by atoms with Crippen LogP contribution in [-0.2, 0) is 12.3 Å². The molecule has 1 aromatic heterocycles. The van der Waals surface area contributed by atoms with Gasteiger partial charge in [-0.1, -0.05) is 6.07 Å². The van der Waals surface area contributed by atoms with Crippen LogP contribution in [0.3, 0.4) is 0 Å². The summed E-state index contributed by atoms with van der Waals surface area (Å²) in [5.41, 5.74) is 10.5. The zero-order valence-electron chi connectivity index (χ0n) is 12.9. The van der Waals surface area contributed by atoms with Crippen molar-refractivity contribution in [2.45, 2.75) is 45.4 Å². The molecule has 22 heavy (non-hydrogen) atoms. The van der Waals surface area contributed by atoms with Crippen LogP contribution in [0.1, 0.15) is 47.2 Å². The Balaban J connectivity index is 1.90. The highest BCUT2D eigenvalue weighted by Gasteiger charge is 2.15. The predicted octanol–water partition coefficient (Wildman–Crippen LogP) is 5.04. The Labute approximate surface area is 140 Å². The first kappa shape index (κ1) is 15.5. The van der Waals surface area contributed by atoms with E-state index in [1.165, 1.54) is 35.1 Å². The van der Waals surface area contributed by atoms with E-state index < -0.39 is 0 Å². The van der Waals surface area contributed by atoms with Crippen molar-refractivity contribution in [2.24, 2.45) is 5.10 Å². The number of rotatable bonds is 3. The summed E-state index contributed by atoms with van der Waals surface area (Å²) in [5, 5.41) is 7.41. The molecule has 0 radical (unpaired) electrons. The highest BCUT2D eigenvalue weighted by molar-refractivity contribution is 7.13. The van der Waals surface area contributed by atoms with Crippen LogP contribution in [0.4, 0.5) is 5.13 Å². The number of fused-ring (bicyclic) bond motifs is 1. The standard InChI is InChI=1S/C17H20ClN3S/c1-11-7-13-5-3-4-6-16(15(13)8-12(11)2)20-21-17-19-14(9-18)10-22-17/h7-8,10H,3-6,9H2,1-2H3,(H,19,21)/b20-16+. The number of hydrogen-bond donors (Lipinski definition) is 1. The van der Waals surface area contributed by atoms with Crippen LogP contribution in [0, 0.1) is 13.8 Å². The summed E-state index contributed by atoms with van der Waals surface area (Å²) in [4.78, 5) is 4.39. The first-order chi connectivity index (χ1) is 10.7. The first-order valence-electron chi connectivity index (χ1n) is 7.61. The van der Waals surface area contributed by atoms with E-state index in [-0.39, 0.29) is 0 Å². The summed E-state index contributed by atoms with van der Waals surface area (Å²) in [6.45, 7) is 4.35. The van der Waals surface area contributed by atoms with Crippen molar-refractivity contribution in [3.05, 3.63) is 45.5 Å². The zero-order chi connectivity index (χ0) is 15.5. The molecule has 1 aliphatic carbocycles. The number of nitrogens with zero attached hydrogens (tertiary/aromatic N) is 2. The molecule has 0 atom stereocenters. The van der Waals surface area contributed by atoms with Crippen molar-refractivity contribution in [1.82, 2.24) is 4.98 Å². The highest BCUT2D eigenvalue weighted by Crippen LogP contribution is 2.25. The molecule has 116 valence electrons. The molecule has 0 aliphatic heterocycles. The van der Waals surface area contributed by atoms with Gasteiger partial charge in [0, 0.05) is 10.9 Å². The van der Waals surface area contributed by atoms with E-state index in [1.807, 2.05) is 5.38 Å². The molecule has 0 saturated heterocycles. The highest BCUT2D eigenvalue weighted by atomic mass is 35.5. The number of benzene rings is 1. The molecule has 3 nitrogen and oxygen atoms in total. The van der Waals surface area contributed by atoms with Gasteiger partial charge in [0.2, 0.25) is 5.13 Å². The normalized spacial score (nSPS) is 16.4. The first-order valence-corrected chi connectivity index (χ1v) is 9.02. The molecule has 0 saturated carbocycles. The van der Waals surface area contributed by atoms with Crippen molar-refractivity contribution >= 4 is 33.8 Å². The van der Waals surface area contributed by atoms with E-state index in [1.54, 1.807) is 11.3 Å². The number of aromatic nitrogens is 1. The van der Waals surface area contributed by atoms with Gasteiger partial charge in [0.15, 0.2) is 0 Å². The third kappa shape index (κ3) is 3.33. The zero-order valence-corrected chi connectivity index (χ0v) is 14.5. The van der Waals surface area contributed by atoms with Gasteiger partial charge in [-0.3, -0.25) is 5.43 Å². The lowest BCUT2D eigenvalue weighted by Gasteiger charge is -2.11. The molecule has 0 amide bonds. The average Bonchev–Trinajstić information content (AvgIpc) is 2.89. The largest absolute Gasteiger partial charge is 0.252 e. The maximum Gasteiger partial charge on any atom is 0.203 e. The SMILES string of the molecule is Cc1cc2c(cc1C)/C(=N/Nc1nc(CCl)cs1)CCCC2. The minimum Gasteiger partial charge on any atom is -0.252 e. The number of nitrogens with one attached hydrogen (secondary N) is 1. The van der Waals surface area contributed by atoms with E-state index in [0.717, 1.165) is 29.4 Å². The Bertz CT molecular complexity index is 706. The molecule has 0 unspecified atom stereocenters. The quantitative estimate of drug-likeness (QED) is 0.485. The van der Waals surface area contributed by atoms with Gasteiger partial charge >= 0.3 is 0 Å². The molecule has 0 spiro atoms. The van der Waals surface area contributed by atoms with Gasteiger partial charge in [0.25, 0.3) is 0 Å². The number of hydrogen-bond acceptors (Lipinski definition) is 4. The van der Waals surface area contributed by atoms with Gasteiger partial charge in [-0.05, 0) is 62.3 Å². The Kier molecular flexibility index (Phi) is 4.79. The number of aryl methyl sites for hydroxylation is 3. The van der Waals surface area contributed by atoms with Gasteiger partial charge in [0.05, 0.1) is 17.3 Å². The van der Waals surface area contributed by atoms with Gasteiger partial charge in [-0.2, -0.15) is 5.10 Å². The lowest BCUT2D eigenvalue weighted by atomic mass is 9.96. The molecule has 3 rings (SSSR count). The monoisotopic (exact) mass is 333 g/mol. The molecule has 2 aromatic rings. The number of hydrazone groups is 1. The minimum atomic E-state index is 0.441. The summed E-state index contributed by atoms with van der Waals surface area (Å²) in [6, 6.07) is 4.60. The molecule has 0 bridgehead atoms. The molecule has 0 fully saturated rings. The van der Waals surface area contributed by atoms with Crippen molar-refractivity contribution in [2.75, 3.05) is 5.43 Å². The van der Waals surface area contributed by atoms with Gasteiger partial charge < -0.3 is 0 Å². The van der Waals surface area contributed by atoms with E-state index in [4.69, 9.17) is 11.6 Å². The van der Waals surface area contributed by atoms with E-state index in [2.05, 4.69) is 41.5 Å². The Morgan fingerprint density at radius 2 is 2.00 bits per heavy atom. The molecule has 5 heteroatoms. The van der Waals surface area contributed by atoms with Crippen LogP contribution in [-0.4, -0.2) is 10.7 Å². The van der Waals surface area contributed by atoms with Crippen molar-refractivity contribution in [1.29, 1.82) is 0 Å². The topological polar surface area (TPSA) is 37.3 Å². The minimum absolute atomic E-state index is 0.441. The Morgan fingerprint density at radius 3 is 2.77 bits per heavy atom. The fraction of sp³-hybridized carbons (Fsp3) is 0.412. The number of halogens is 1. The van der Waals surface area contributed by atoms with Crippen LogP contribution in [0.5, 0.6) is 0 Å². The summed E-state index contributed by atoms with van der Waals surface area (Å²) in [6.07, 6.45) is 4.56. The van der Waals surface area contributed by atoms with Crippen LogP contribution < -0.4 is 5.43 Å². The van der Waals surface area contributed by atoms with Crippen molar-refractivity contribution < 1.29 is 0 Å². The Hall–Kier alpha value is -1.39. The summed E-state index contributed by atoms with van der Waals surface area (Å²) < 4.78 is 0. The fourth-order valence-electron chi connectivity index (χ4n) is 2.75. The lowest BCUT2D eigenvalue weighted by Crippen LogP contribution is -2.06. The summed E-state index contributed by atoms with van der Waals surface area (Å²) in [5.74, 6) is 0.441. The summed E-state index contributed by atoms with van der Waals surface area (Å²) >= 11 is 7.33. The maximum absolute atomic E-state index is 5.79. The second kappa shape index (κ2) is 6.80. The van der Waals surface area contributed by atoms with Crippen LogP contribution in [0.25, 0.3) is 0 Å². The van der Waals surface area contributed by atoms with Crippen LogP contribution in [0.15, 0.2) is 22.6 Å². The lowest BCUT2D eigenvalue weighted by molar-refractivity contribution is 0.775. The van der Waals surface area contributed by atoms with Gasteiger partial charge in [-0.15, -0.1) is 22.9 Å².